The molecule has 3 unspecified atom stereocenters. The highest BCUT2D eigenvalue weighted by molar-refractivity contribution is 7.45. The number of rotatable bonds is 57. The van der Waals surface area contributed by atoms with E-state index in [4.69, 9.17) is 9.05 Å². The predicted octanol–water partition coefficient (Wildman–Crippen LogP) is 18.3. The molecule has 71 heavy (non-hydrogen) atoms. The summed E-state index contributed by atoms with van der Waals surface area (Å²) < 4.78 is 23.3. The molecule has 0 aliphatic rings. The van der Waals surface area contributed by atoms with Gasteiger partial charge in [-0.15, -0.1) is 0 Å². The second-order valence-corrected chi connectivity index (χ2v) is 23.8. The van der Waals surface area contributed by atoms with Gasteiger partial charge < -0.3 is 28.8 Å². The van der Waals surface area contributed by atoms with Gasteiger partial charge in [0.1, 0.15) is 13.2 Å². The third kappa shape index (κ3) is 56.3. The van der Waals surface area contributed by atoms with Crippen LogP contribution in [0.3, 0.4) is 0 Å². The maximum absolute atomic E-state index is 13.0. The largest absolute Gasteiger partial charge is 0.756 e. The number of hydrogen-bond acceptors (Lipinski definition) is 6. The lowest BCUT2D eigenvalue weighted by Gasteiger charge is -2.29. The van der Waals surface area contributed by atoms with Gasteiger partial charge in [-0.3, -0.25) is 9.36 Å². The summed E-state index contributed by atoms with van der Waals surface area (Å²) in [5, 5.41) is 13.9. The third-order valence-electron chi connectivity index (χ3n) is 14.1. The molecule has 0 radical (unpaired) electrons. The van der Waals surface area contributed by atoms with Crippen LogP contribution in [-0.2, 0) is 18.4 Å². The number of allylic oxidation sites excluding steroid dienone is 5. The molecule has 0 aromatic heterocycles. The molecule has 0 spiro atoms. The van der Waals surface area contributed by atoms with Crippen LogP contribution in [0, 0.1) is 0 Å². The van der Waals surface area contributed by atoms with E-state index in [2.05, 4.69) is 43.5 Å². The van der Waals surface area contributed by atoms with Crippen molar-refractivity contribution in [2.75, 3.05) is 40.9 Å². The Morgan fingerprint density at radius 1 is 0.479 bits per heavy atom. The van der Waals surface area contributed by atoms with Crippen molar-refractivity contribution < 1.29 is 32.9 Å². The monoisotopic (exact) mass is 1020 g/mol. The molecule has 0 fully saturated rings. The topological polar surface area (TPSA) is 108 Å². The van der Waals surface area contributed by atoms with Crippen LogP contribution in [0.5, 0.6) is 0 Å². The summed E-state index contributed by atoms with van der Waals surface area (Å²) >= 11 is 0. The van der Waals surface area contributed by atoms with Gasteiger partial charge in [-0.25, -0.2) is 0 Å². The van der Waals surface area contributed by atoms with Gasteiger partial charge in [0.25, 0.3) is 7.82 Å². The van der Waals surface area contributed by atoms with E-state index in [1.54, 1.807) is 6.08 Å². The maximum Gasteiger partial charge on any atom is 0.268 e. The second kappa shape index (κ2) is 53.5. The molecule has 0 aliphatic heterocycles. The molecular weight excluding hydrogens is 900 g/mol. The van der Waals surface area contributed by atoms with Crippen LogP contribution in [-0.4, -0.2) is 68.5 Å². The van der Waals surface area contributed by atoms with E-state index in [1.165, 1.54) is 244 Å². The van der Waals surface area contributed by atoms with E-state index in [-0.39, 0.29) is 19.1 Å². The highest BCUT2D eigenvalue weighted by Crippen LogP contribution is 2.38. The van der Waals surface area contributed by atoms with Gasteiger partial charge >= 0.3 is 0 Å². The fourth-order valence-corrected chi connectivity index (χ4v) is 9.95. The summed E-state index contributed by atoms with van der Waals surface area (Å²) in [5.74, 6) is -0.203. The van der Waals surface area contributed by atoms with Crippen LogP contribution in [0.1, 0.15) is 303 Å². The Kier molecular flexibility index (Phi) is 52.6. The van der Waals surface area contributed by atoms with Crippen molar-refractivity contribution in [3.05, 3.63) is 36.5 Å². The first-order chi connectivity index (χ1) is 34.5. The van der Waals surface area contributed by atoms with E-state index in [1.807, 2.05) is 27.2 Å². The van der Waals surface area contributed by atoms with Crippen molar-refractivity contribution in [1.82, 2.24) is 5.32 Å². The van der Waals surface area contributed by atoms with E-state index in [0.717, 1.165) is 38.5 Å². The molecule has 420 valence electrons. The number of likely N-dealkylation sites (N-methyl/N-ethyl adjacent to an activating group) is 1. The van der Waals surface area contributed by atoms with Crippen LogP contribution in [0.2, 0.25) is 0 Å². The van der Waals surface area contributed by atoms with E-state index in [0.29, 0.717) is 17.4 Å². The Morgan fingerprint density at radius 3 is 1.14 bits per heavy atom. The number of phosphoric acid groups is 1. The van der Waals surface area contributed by atoms with E-state index < -0.39 is 20.0 Å². The Hall–Kier alpha value is -1.28. The summed E-state index contributed by atoms with van der Waals surface area (Å²) in [4.78, 5) is 25.5. The van der Waals surface area contributed by atoms with Crippen molar-refractivity contribution in [3.63, 3.8) is 0 Å². The first-order valence-corrected chi connectivity index (χ1v) is 32.3. The SMILES string of the molecule is CCCCCCCCCCCC/C=C/CC/C=C/C(O)C(COP(=O)([O-])OCC[N+](C)(C)C)NC(=O)CCCCCCCCCCCCCCCCCCC/C=C\CCCCCCCCCCCCCC. The number of phosphoric ester groups is 1. The quantitative estimate of drug-likeness (QED) is 0.0272. The number of nitrogens with zero attached hydrogens (tertiary/aromatic N) is 1. The molecule has 0 aliphatic carbocycles. The van der Waals surface area contributed by atoms with Crippen molar-refractivity contribution >= 4 is 13.7 Å². The van der Waals surface area contributed by atoms with Gasteiger partial charge in [0, 0.05) is 6.42 Å². The molecule has 0 heterocycles. The van der Waals surface area contributed by atoms with Crippen LogP contribution in [0.25, 0.3) is 0 Å². The second-order valence-electron chi connectivity index (χ2n) is 22.4. The molecule has 2 N–H and O–H groups in total. The molecule has 0 aromatic rings. The van der Waals surface area contributed by atoms with Crippen LogP contribution < -0.4 is 10.2 Å². The van der Waals surface area contributed by atoms with Crippen molar-refractivity contribution in [2.45, 2.75) is 315 Å². The fraction of sp³-hybridized carbons (Fsp3) is 0.887. The van der Waals surface area contributed by atoms with Gasteiger partial charge in [0.05, 0.1) is 39.9 Å². The first kappa shape index (κ1) is 69.7. The number of unbranched alkanes of at least 4 members (excludes halogenated alkanes) is 40. The minimum Gasteiger partial charge on any atom is -0.756 e. The normalized spacial score (nSPS) is 14.1. The number of amides is 1. The van der Waals surface area contributed by atoms with Gasteiger partial charge in [0.15, 0.2) is 0 Å². The molecular formula is C62H121N2O6P. The number of aliphatic hydroxyl groups is 1. The van der Waals surface area contributed by atoms with Gasteiger partial charge in [-0.05, 0) is 57.8 Å². The average Bonchev–Trinajstić information content (AvgIpc) is 3.33. The molecule has 0 saturated heterocycles. The van der Waals surface area contributed by atoms with Crippen LogP contribution in [0.15, 0.2) is 36.5 Å². The van der Waals surface area contributed by atoms with Crippen molar-refractivity contribution in [1.29, 1.82) is 0 Å². The van der Waals surface area contributed by atoms with Gasteiger partial charge in [0.2, 0.25) is 5.91 Å². The molecule has 0 bridgehead atoms. The lowest BCUT2D eigenvalue weighted by atomic mass is 10.0. The maximum atomic E-state index is 13.0. The zero-order chi connectivity index (χ0) is 52.0. The Labute approximate surface area is 442 Å². The van der Waals surface area contributed by atoms with Crippen molar-refractivity contribution in [3.8, 4) is 0 Å². The Morgan fingerprint density at radius 2 is 0.789 bits per heavy atom. The number of aliphatic hydroxyl groups excluding tert-OH is 1. The summed E-state index contributed by atoms with van der Waals surface area (Å²) in [7, 11) is 1.25. The minimum atomic E-state index is -4.60. The number of carbonyl (C=O) groups excluding carboxylic acids is 1. The number of quaternary nitrogens is 1. The number of carbonyl (C=O) groups is 1. The standard InChI is InChI=1S/C62H121N2O6P/c1-6-8-10-12-14-16-18-20-22-24-25-26-27-28-29-30-31-32-33-34-35-36-37-38-39-40-42-44-46-48-50-52-54-56-62(66)63-60(59-70-71(67,68)69-58-57-64(3,4)5)61(65)55-53-51-49-47-45-43-41-23-21-19-17-15-13-11-9-7-2/h28-29,45,47,53,55,60-61,65H,6-27,30-44,46,48-52,54,56-59H2,1-5H3,(H-,63,66,67,68)/b29-28-,47-45+,55-53+. The highest BCUT2D eigenvalue weighted by Gasteiger charge is 2.23. The molecule has 0 saturated carbocycles. The van der Waals surface area contributed by atoms with Crippen LogP contribution in [0.4, 0.5) is 0 Å². The lowest BCUT2D eigenvalue weighted by molar-refractivity contribution is -0.870. The molecule has 8 nitrogen and oxygen atoms in total. The smallest absolute Gasteiger partial charge is 0.268 e. The minimum absolute atomic E-state index is 0.00500. The molecule has 9 heteroatoms. The van der Waals surface area contributed by atoms with Crippen molar-refractivity contribution in [2.24, 2.45) is 0 Å². The first-order valence-electron chi connectivity index (χ1n) is 30.9. The third-order valence-corrected chi connectivity index (χ3v) is 15.0. The molecule has 3 atom stereocenters. The zero-order valence-corrected chi connectivity index (χ0v) is 48.8. The molecule has 0 rings (SSSR count). The summed E-state index contributed by atoms with van der Waals surface area (Å²) in [6.07, 6.45) is 69.6. The Balaban J connectivity index is 4.04. The average molecular weight is 1020 g/mol. The van der Waals surface area contributed by atoms with E-state index in [9.17, 15) is 19.4 Å². The van der Waals surface area contributed by atoms with Gasteiger partial charge in [-0.1, -0.05) is 275 Å². The number of hydrogen-bond donors (Lipinski definition) is 2. The van der Waals surface area contributed by atoms with Gasteiger partial charge in [-0.2, -0.15) is 0 Å². The molecule has 1 amide bonds. The highest BCUT2D eigenvalue weighted by atomic mass is 31.2. The Bertz CT molecular complexity index is 1250. The molecule has 0 aromatic carbocycles. The fourth-order valence-electron chi connectivity index (χ4n) is 9.23. The summed E-state index contributed by atoms with van der Waals surface area (Å²) in [5.41, 5.74) is 0. The summed E-state index contributed by atoms with van der Waals surface area (Å²) in [6.45, 7) is 4.66. The van der Waals surface area contributed by atoms with E-state index >= 15 is 0 Å². The van der Waals surface area contributed by atoms with Crippen LogP contribution >= 0.6 is 7.82 Å². The summed E-state index contributed by atoms with van der Waals surface area (Å²) in [6, 6.07) is -0.902. The predicted molar refractivity (Wildman–Crippen MR) is 307 cm³/mol. The number of nitrogens with one attached hydrogen (secondary N) is 1. The zero-order valence-electron chi connectivity index (χ0n) is 47.9. The lowest BCUT2D eigenvalue weighted by Crippen LogP contribution is -2.45.